The van der Waals surface area contributed by atoms with Crippen LogP contribution in [-0.2, 0) is 22.7 Å². The molecule has 6 heteroatoms. The third kappa shape index (κ3) is 4.68. The molecule has 186 valence electrons. The summed E-state index contributed by atoms with van der Waals surface area (Å²) < 4.78 is 0. The second-order valence-electron chi connectivity index (χ2n) is 11.4. The summed E-state index contributed by atoms with van der Waals surface area (Å²) in [5.41, 5.74) is 5.25. The fourth-order valence-corrected chi connectivity index (χ4v) is 6.48. The summed E-state index contributed by atoms with van der Waals surface area (Å²) in [5.74, 6) is 0.401. The predicted molar refractivity (Wildman–Crippen MR) is 140 cm³/mol. The highest BCUT2D eigenvalue weighted by Crippen LogP contribution is 2.65. The van der Waals surface area contributed by atoms with Crippen molar-refractivity contribution >= 4 is 23.2 Å². The highest BCUT2D eigenvalue weighted by molar-refractivity contribution is 6.01. The van der Waals surface area contributed by atoms with E-state index in [9.17, 15) is 9.59 Å². The number of carbonyl (C=O) groups is 2. The minimum Gasteiger partial charge on any atom is -0.381 e. The van der Waals surface area contributed by atoms with E-state index in [4.69, 9.17) is 0 Å². The number of benzene rings is 2. The van der Waals surface area contributed by atoms with Gasteiger partial charge in [-0.2, -0.15) is 0 Å². The SMILES string of the molecule is CC1(C)[C@@H]2CC[C@@]1(C)[C@@H](NCc1ccc(CNc3cccc(NC4CCC(=O)NC4=O)c3)cc1)C2. The molecule has 1 heterocycles. The number of piperidine rings is 1. The van der Waals surface area contributed by atoms with Gasteiger partial charge >= 0.3 is 0 Å². The lowest BCUT2D eigenvalue weighted by Gasteiger charge is -2.39. The molecule has 2 amide bonds. The van der Waals surface area contributed by atoms with Crippen LogP contribution in [0.3, 0.4) is 0 Å². The Balaban J connectivity index is 1.12. The first-order valence-electron chi connectivity index (χ1n) is 13.0. The van der Waals surface area contributed by atoms with Crippen molar-refractivity contribution < 1.29 is 9.59 Å². The highest BCUT2D eigenvalue weighted by atomic mass is 16.2. The Kier molecular flexibility index (Phi) is 6.34. The topological polar surface area (TPSA) is 82.3 Å². The summed E-state index contributed by atoms with van der Waals surface area (Å²) in [6.45, 7) is 9.07. The molecule has 4 N–H and O–H groups in total. The minimum atomic E-state index is -0.378. The second kappa shape index (κ2) is 9.30. The van der Waals surface area contributed by atoms with Gasteiger partial charge in [-0.3, -0.25) is 14.9 Å². The third-order valence-electron chi connectivity index (χ3n) is 9.31. The van der Waals surface area contributed by atoms with Gasteiger partial charge in [0.2, 0.25) is 11.8 Å². The lowest BCUT2D eigenvalue weighted by Crippen LogP contribution is -2.47. The molecule has 2 bridgehead atoms. The molecule has 1 aliphatic heterocycles. The molecule has 4 atom stereocenters. The maximum absolute atomic E-state index is 12.0. The fourth-order valence-electron chi connectivity index (χ4n) is 6.48. The molecular formula is C29H38N4O2. The summed E-state index contributed by atoms with van der Waals surface area (Å²) >= 11 is 0. The van der Waals surface area contributed by atoms with E-state index in [1.807, 2.05) is 24.3 Å². The molecule has 0 spiro atoms. The van der Waals surface area contributed by atoms with Crippen molar-refractivity contribution in [2.75, 3.05) is 10.6 Å². The number of carbonyl (C=O) groups excluding carboxylic acids is 2. The first kappa shape index (κ1) is 23.9. The van der Waals surface area contributed by atoms with E-state index in [0.717, 1.165) is 30.4 Å². The number of anilines is 2. The van der Waals surface area contributed by atoms with E-state index in [0.29, 0.717) is 29.7 Å². The van der Waals surface area contributed by atoms with Crippen molar-refractivity contribution in [2.45, 2.75) is 78.0 Å². The smallest absolute Gasteiger partial charge is 0.249 e. The zero-order valence-corrected chi connectivity index (χ0v) is 21.1. The minimum absolute atomic E-state index is 0.200. The molecular weight excluding hydrogens is 436 g/mol. The standard InChI is InChI=1S/C29H38N4O2/c1-28(2)21-13-14-29(28,3)25(15-21)31-18-20-9-7-19(8-10-20)17-30-22-5-4-6-23(16-22)32-24-11-12-26(34)33-27(24)35/h4-10,16,21,24-25,30-32H,11-15,17-18H2,1-3H3,(H,33,34,35)/t21-,24?,25+,29+/m1/s1. The van der Waals surface area contributed by atoms with Crippen LogP contribution >= 0.6 is 0 Å². The molecule has 2 aromatic rings. The van der Waals surface area contributed by atoms with Crippen LogP contribution in [0.4, 0.5) is 11.4 Å². The van der Waals surface area contributed by atoms with Crippen molar-refractivity contribution in [2.24, 2.45) is 16.7 Å². The molecule has 35 heavy (non-hydrogen) atoms. The van der Waals surface area contributed by atoms with Crippen LogP contribution in [0, 0.1) is 16.7 Å². The van der Waals surface area contributed by atoms with Gasteiger partial charge in [-0.1, -0.05) is 51.1 Å². The van der Waals surface area contributed by atoms with E-state index in [2.05, 4.69) is 66.3 Å². The summed E-state index contributed by atoms with van der Waals surface area (Å²) in [6, 6.07) is 17.0. The van der Waals surface area contributed by atoms with Gasteiger partial charge < -0.3 is 16.0 Å². The molecule has 0 aromatic heterocycles. The monoisotopic (exact) mass is 474 g/mol. The fraction of sp³-hybridized carbons (Fsp3) is 0.517. The lowest BCUT2D eigenvalue weighted by molar-refractivity contribution is -0.133. The molecule has 3 aliphatic rings. The van der Waals surface area contributed by atoms with E-state index in [1.165, 1.54) is 30.4 Å². The van der Waals surface area contributed by atoms with Gasteiger partial charge in [0.15, 0.2) is 0 Å². The molecule has 2 aromatic carbocycles. The van der Waals surface area contributed by atoms with Gasteiger partial charge in [-0.15, -0.1) is 0 Å². The first-order valence-corrected chi connectivity index (χ1v) is 13.0. The average Bonchev–Trinajstić information content (AvgIpc) is 3.18. The third-order valence-corrected chi connectivity index (χ3v) is 9.31. The summed E-state index contributed by atoms with van der Waals surface area (Å²) in [4.78, 5) is 23.4. The zero-order valence-electron chi connectivity index (χ0n) is 21.1. The van der Waals surface area contributed by atoms with E-state index >= 15 is 0 Å². The van der Waals surface area contributed by atoms with Crippen molar-refractivity contribution in [1.82, 2.24) is 10.6 Å². The van der Waals surface area contributed by atoms with Crippen LogP contribution in [0.5, 0.6) is 0 Å². The molecule has 5 rings (SSSR count). The van der Waals surface area contributed by atoms with Gasteiger partial charge in [0, 0.05) is 36.9 Å². The van der Waals surface area contributed by atoms with Crippen LogP contribution < -0.4 is 21.3 Å². The maximum atomic E-state index is 12.0. The number of fused-ring (bicyclic) bond motifs is 2. The normalized spacial score (nSPS) is 29.2. The van der Waals surface area contributed by atoms with Gasteiger partial charge in [0.05, 0.1) is 0 Å². The summed E-state index contributed by atoms with van der Waals surface area (Å²) in [5, 5.41) is 13.0. The quantitative estimate of drug-likeness (QED) is 0.413. The summed E-state index contributed by atoms with van der Waals surface area (Å²) in [7, 11) is 0. The van der Waals surface area contributed by atoms with Crippen LogP contribution in [0.1, 0.15) is 64.0 Å². The Labute approximate surface area is 208 Å². The number of rotatable bonds is 8. The predicted octanol–water partition coefficient (Wildman–Crippen LogP) is 4.82. The lowest BCUT2D eigenvalue weighted by atomic mass is 9.69. The number of imide groups is 1. The molecule has 6 nitrogen and oxygen atoms in total. The van der Waals surface area contributed by atoms with E-state index in [-0.39, 0.29) is 17.9 Å². The van der Waals surface area contributed by atoms with Crippen LogP contribution in [-0.4, -0.2) is 23.9 Å². The van der Waals surface area contributed by atoms with Gasteiger partial charge in [0.25, 0.3) is 0 Å². The van der Waals surface area contributed by atoms with Crippen molar-refractivity contribution in [3.63, 3.8) is 0 Å². The molecule has 3 fully saturated rings. The molecule has 2 saturated carbocycles. The van der Waals surface area contributed by atoms with Crippen LogP contribution in [0.2, 0.25) is 0 Å². The Morgan fingerprint density at radius 2 is 1.66 bits per heavy atom. The van der Waals surface area contributed by atoms with Crippen molar-refractivity contribution in [1.29, 1.82) is 0 Å². The van der Waals surface area contributed by atoms with Crippen LogP contribution in [0.15, 0.2) is 48.5 Å². The number of amides is 2. The largest absolute Gasteiger partial charge is 0.381 e. The van der Waals surface area contributed by atoms with Gasteiger partial charge in [-0.25, -0.2) is 0 Å². The van der Waals surface area contributed by atoms with Crippen molar-refractivity contribution in [3.8, 4) is 0 Å². The zero-order chi connectivity index (χ0) is 24.6. The van der Waals surface area contributed by atoms with Crippen LogP contribution in [0.25, 0.3) is 0 Å². The highest BCUT2D eigenvalue weighted by Gasteiger charge is 2.60. The molecule has 0 radical (unpaired) electrons. The Morgan fingerprint density at radius 3 is 2.31 bits per heavy atom. The van der Waals surface area contributed by atoms with E-state index < -0.39 is 0 Å². The molecule has 1 saturated heterocycles. The second-order valence-corrected chi connectivity index (χ2v) is 11.4. The maximum Gasteiger partial charge on any atom is 0.249 e. The van der Waals surface area contributed by atoms with Gasteiger partial charge in [0.1, 0.15) is 6.04 Å². The Bertz CT molecular complexity index is 1100. The average molecular weight is 475 g/mol. The number of hydrogen-bond acceptors (Lipinski definition) is 5. The van der Waals surface area contributed by atoms with E-state index in [1.54, 1.807) is 0 Å². The van der Waals surface area contributed by atoms with Gasteiger partial charge in [-0.05, 0) is 71.8 Å². The molecule has 2 aliphatic carbocycles. The van der Waals surface area contributed by atoms with Crippen molar-refractivity contribution in [3.05, 3.63) is 59.7 Å². The Morgan fingerprint density at radius 1 is 0.943 bits per heavy atom. The number of nitrogens with one attached hydrogen (secondary N) is 4. The summed E-state index contributed by atoms with van der Waals surface area (Å²) in [6.07, 6.45) is 4.92. The number of hydrogen-bond donors (Lipinski definition) is 4. The first-order chi connectivity index (χ1) is 16.7. The molecule has 1 unspecified atom stereocenters. The Hall–Kier alpha value is -2.86.